The largest absolute Gasteiger partial charge is 0.269 e. The Bertz CT molecular complexity index is 1200. The van der Waals surface area contributed by atoms with Gasteiger partial charge in [0.25, 0.3) is 10.0 Å². The van der Waals surface area contributed by atoms with Crippen LogP contribution < -0.4 is 0 Å². The summed E-state index contributed by atoms with van der Waals surface area (Å²) in [5.74, 6) is -0.308. The molecule has 0 aliphatic heterocycles. The SMILES string of the molecule is O=S(=O)(c1ccccc1)n1cc(I)c2cc(-c3ccc(F)cc3)cnc21. The number of aromatic nitrogens is 2. The van der Waals surface area contributed by atoms with Crippen molar-refractivity contribution in [2.45, 2.75) is 4.90 Å². The minimum Gasteiger partial charge on any atom is -0.237 e. The molecule has 0 spiro atoms. The van der Waals surface area contributed by atoms with E-state index in [1.54, 1.807) is 54.9 Å². The lowest BCUT2D eigenvalue weighted by Crippen LogP contribution is -2.12. The molecular formula is C19H12FIN2O2S. The third-order valence-corrected chi connectivity index (χ3v) is 6.56. The van der Waals surface area contributed by atoms with Gasteiger partial charge in [-0.3, -0.25) is 0 Å². The van der Waals surface area contributed by atoms with Gasteiger partial charge in [-0.1, -0.05) is 30.3 Å². The Balaban J connectivity index is 1.88. The molecule has 0 aliphatic rings. The molecular weight excluding hydrogens is 466 g/mol. The average molecular weight is 478 g/mol. The Morgan fingerprint density at radius 2 is 1.65 bits per heavy atom. The molecule has 4 nitrogen and oxygen atoms in total. The van der Waals surface area contributed by atoms with Crippen LogP contribution in [0.4, 0.5) is 4.39 Å². The molecule has 26 heavy (non-hydrogen) atoms. The molecule has 0 fully saturated rings. The van der Waals surface area contributed by atoms with Crippen molar-refractivity contribution in [3.63, 3.8) is 0 Å². The van der Waals surface area contributed by atoms with Crippen LogP contribution in [0.3, 0.4) is 0 Å². The molecule has 0 bridgehead atoms. The predicted octanol–water partition coefficient (Wildman–Crippen LogP) is 4.68. The topological polar surface area (TPSA) is 52.0 Å². The van der Waals surface area contributed by atoms with Crippen molar-refractivity contribution in [2.75, 3.05) is 0 Å². The molecule has 0 saturated heterocycles. The van der Waals surface area contributed by atoms with Crippen LogP contribution in [0.2, 0.25) is 0 Å². The maximum Gasteiger partial charge on any atom is 0.269 e. The van der Waals surface area contributed by atoms with E-state index in [9.17, 15) is 12.8 Å². The highest BCUT2D eigenvalue weighted by atomic mass is 127. The third kappa shape index (κ3) is 2.90. The number of benzene rings is 2. The summed E-state index contributed by atoms with van der Waals surface area (Å²) in [7, 11) is -3.73. The minimum absolute atomic E-state index is 0.206. The van der Waals surface area contributed by atoms with Crippen molar-refractivity contribution in [1.29, 1.82) is 0 Å². The fourth-order valence-corrected chi connectivity index (χ4v) is 4.94. The molecule has 2 heterocycles. The molecule has 0 saturated carbocycles. The summed E-state index contributed by atoms with van der Waals surface area (Å²) in [6.07, 6.45) is 3.16. The summed E-state index contributed by atoms with van der Waals surface area (Å²) in [6, 6.07) is 16.2. The summed E-state index contributed by atoms with van der Waals surface area (Å²) < 4.78 is 41.0. The maximum absolute atomic E-state index is 13.1. The van der Waals surface area contributed by atoms with Crippen LogP contribution in [-0.4, -0.2) is 17.4 Å². The molecule has 7 heteroatoms. The average Bonchev–Trinajstić information content (AvgIpc) is 3.00. The zero-order valence-corrected chi connectivity index (χ0v) is 16.3. The van der Waals surface area contributed by atoms with Crippen molar-refractivity contribution < 1.29 is 12.8 Å². The van der Waals surface area contributed by atoms with E-state index in [1.165, 1.54) is 16.1 Å². The second-order valence-corrected chi connectivity index (χ2v) is 8.67. The Morgan fingerprint density at radius 3 is 2.35 bits per heavy atom. The lowest BCUT2D eigenvalue weighted by molar-refractivity contribution is 0.588. The second kappa shape index (κ2) is 6.48. The number of rotatable bonds is 3. The van der Waals surface area contributed by atoms with Gasteiger partial charge in [0.1, 0.15) is 5.82 Å². The van der Waals surface area contributed by atoms with Gasteiger partial charge in [0.2, 0.25) is 0 Å². The lowest BCUT2D eigenvalue weighted by Gasteiger charge is -2.07. The molecule has 0 radical (unpaired) electrons. The first-order chi connectivity index (χ1) is 12.5. The van der Waals surface area contributed by atoms with Gasteiger partial charge in [-0.15, -0.1) is 0 Å². The first-order valence-corrected chi connectivity index (χ1v) is 10.2. The quantitative estimate of drug-likeness (QED) is 0.402. The summed E-state index contributed by atoms with van der Waals surface area (Å²) in [5, 5.41) is 0.729. The summed E-state index contributed by atoms with van der Waals surface area (Å²) in [5.41, 5.74) is 1.98. The first-order valence-electron chi connectivity index (χ1n) is 7.70. The Kier molecular flexibility index (Phi) is 4.28. The van der Waals surface area contributed by atoms with E-state index in [0.29, 0.717) is 5.65 Å². The van der Waals surface area contributed by atoms with Gasteiger partial charge in [-0.2, -0.15) is 0 Å². The molecule has 2 aromatic carbocycles. The van der Waals surface area contributed by atoms with E-state index in [2.05, 4.69) is 27.6 Å². The molecule has 0 aliphatic carbocycles. The van der Waals surface area contributed by atoms with Gasteiger partial charge >= 0.3 is 0 Å². The Morgan fingerprint density at radius 1 is 0.962 bits per heavy atom. The van der Waals surface area contributed by atoms with E-state index in [-0.39, 0.29) is 10.7 Å². The number of nitrogens with zero attached hydrogens (tertiary/aromatic N) is 2. The summed E-state index contributed by atoms with van der Waals surface area (Å²) in [6.45, 7) is 0. The van der Waals surface area contributed by atoms with Crippen molar-refractivity contribution >= 4 is 43.6 Å². The van der Waals surface area contributed by atoms with Crippen LogP contribution in [0.15, 0.2) is 78.0 Å². The lowest BCUT2D eigenvalue weighted by atomic mass is 10.1. The molecule has 130 valence electrons. The van der Waals surface area contributed by atoms with Crippen LogP contribution in [0.1, 0.15) is 0 Å². The van der Waals surface area contributed by atoms with Crippen molar-refractivity contribution in [2.24, 2.45) is 0 Å². The van der Waals surface area contributed by atoms with E-state index in [0.717, 1.165) is 20.1 Å². The third-order valence-electron chi connectivity index (χ3n) is 4.04. The minimum atomic E-state index is -3.73. The second-order valence-electron chi connectivity index (χ2n) is 5.69. The molecule has 0 N–H and O–H groups in total. The van der Waals surface area contributed by atoms with Gasteiger partial charge in [-0.25, -0.2) is 21.8 Å². The fraction of sp³-hybridized carbons (Fsp3) is 0. The van der Waals surface area contributed by atoms with Crippen molar-refractivity contribution in [3.8, 4) is 11.1 Å². The Hall–Kier alpha value is -2.26. The van der Waals surface area contributed by atoms with Gasteiger partial charge < -0.3 is 0 Å². The van der Waals surface area contributed by atoms with Crippen LogP contribution >= 0.6 is 22.6 Å². The van der Waals surface area contributed by atoms with Crippen LogP contribution in [0.25, 0.3) is 22.2 Å². The van der Waals surface area contributed by atoms with Gasteiger partial charge in [0, 0.05) is 26.9 Å². The number of halogens is 2. The highest BCUT2D eigenvalue weighted by Gasteiger charge is 2.21. The monoisotopic (exact) mass is 478 g/mol. The van der Waals surface area contributed by atoms with Crippen molar-refractivity contribution in [3.05, 3.63) is 82.4 Å². The number of fused-ring (bicyclic) bond motifs is 1. The molecule has 0 unspecified atom stereocenters. The molecule has 0 amide bonds. The van der Waals surface area contributed by atoms with E-state index in [4.69, 9.17) is 0 Å². The van der Waals surface area contributed by atoms with Crippen LogP contribution in [0.5, 0.6) is 0 Å². The normalized spacial score (nSPS) is 11.8. The number of hydrogen-bond acceptors (Lipinski definition) is 3. The Labute approximate surface area is 163 Å². The van der Waals surface area contributed by atoms with E-state index in [1.807, 2.05) is 6.07 Å². The molecule has 2 aromatic heterocycles. The first kappa shape index (κ1) is 17.2. The summed E-state index contributed by atoms with van der Waals surface area (Å²) >= 11 is 2.09. The zero-order valence-electron chi connectivity index (χ0n) is 13.3. The number of pyridine rings is 1. The van der Waals surface area contributed by atoms with Gasteiger partial charge in [-0.05, 0) is 58.5 Å². The highest BCUT2D eigenvalue weighted by Crippen LogP contribution is 2.29. The molecule has 4 rings (SSSR count). The van der Waals surface area contributed by atoms with E-state index >= 15 is 0 Å². The highest BCUT2D eigenvalue weighted by molar-refractivity contribution is 14.1. The van der Waals surface area contributed by atoms with Gasteiger partial charge in [0.05, 0.1) is 4.90 Å². The summed E-state index contributed by atoms with van der Waals surface area (Å²) in [4.78, 5) is 4.58. The standard InChI is InChI=1S/C19H12FIN2O2S/c20-15-8-6-13(7-9-15)14-10-17-18(21)12-23(19(17)22-11-14)26(24,25)16-4-2-1-3-5-16/h1-12H. The fourth-order valence-electron chi connectivity index (χ4n) is 2.73. The molecule has 4 aromatic rings. The predicted molar refractivity (Wildman–Crippen MR) is 107 cm³/mol. The van der Waals surface area contributed by atoms with Crippen LogP contribution in [-0.2, 0) is 10.0 Å². The van der Waals surface area contributed by atoms with E-state index < -0.39 is 10.0 Å². The van der Waals surface area contributed by atoms with Crippen LogP contribution in [0, 0.1) is 9.39 Å². The van der Waals surface area contributed by atoms with Crippen molar-refractivity contribution in [1.82, 2.24) is 8.96 Å². The molecule has 0 atom stereocenters. The zero-order chi connectivity index (χ0) is 18.3. The smallest absolute Gasteiger partial charge is 0.237 e. The number of hydrogen-bond donors (Lipinski definition) is 0. The maximum atomic E-state index is 13.1. The van der Waals surface area contributed by atoms with Gasteiger partial charge in [0.15, 0.2) is 5.65 Å².